The number of esters is 1. The van der Waals surface area contributed by atoms with Gasteiger partial charge in [-0.3, -0.25) is 9.36 Å². The van der Waals surface area contributed by atoms with Crippen molar-refractivity contribution in [3.05, 3.63) is 125 Å². The lowest BCUT2D eigenvalue weighted by Crippen LogP contribution is -2.39. The molecule has 5 rings (SSSR count). The molecule has 0 fully saturated rings. The van der Waals surface area contributed by atoms with Gasteiger partial charge in [0, 0.05) is 0 Å². The molecule has 0 unspecified atom stereocenters. The van der Waals surface area contributed by atoms with Crippen LogP contribution in [0.1, 0.15) is 36.6 Å². The van der Waals surface area contributed by atoms with Crippen molar-refractivity contribution in [3.8, 4) is 11.5 Å². The fourth-order valence-electron chi connectivity index (χ4n) is 4.60. The molecule has 0 bridgehead atoms. The first kappa shape index (κ1) is 27.6. The van der Waals surface area contributed by atoms with Gasteiger partial charge < -0.3 is 14.2 Å². The zero-order valence-corrected chi connectivity index (χ0v) is 24.6. The number of halogens is 1. The van der Waals surface area contributed by atoms with E-state index in [0.717, 1.165) is 16.7 Å². The first-order valence-electron chi connectivity index (χ1n) is 12.7. The van der Waals surface area contributed by atoms with Crippen molar-refractivity contribution in [1.82, 2.24) is 4.57 Å². The van der Waals surface area contributed by atoms with E-state index in [1.165, 1.54) is 18.4 Å². The minimum absolute atomic E-state index is 0.245. The van der Waals surface area contributed by atoms with Gasteiger partial charge in [0.15, 0.2) is 16.3 Å². The Kier molecular flexibility index (Phi) is 8.32. The van der Waals surface area contributed by atoms with Crippen molar-refractivity contribution in [2.24, 2.45) is 4.99 Å². The summed E-state index contributed by atoms with van der Waals surface area (Å²) in [6, 6.07) is 22.4. The number of thiazole rings is 1. The average molecular weight is 620 g/mol. The summed E-state index contributed by atoms with van der Waals surface area (Å²) < 4.78 is 19.8. The molecule has 0 spiro atoms. The number of carbonyl (C=O) groups is 1. The van der Waals surface area contributed by atoms with Crippen LogP contribution in [0.4, 0.5) is 0 Å². The van der Waals surface area contributed by atoms with Gasteiger partial charge >= 0.3 is 5.97 Å². The molecule has 2 heterocycles. The highest BCUT2D eigenvalue weighted by molar-refractivity contribution is 9.10. The van der Waals surface area contributed by atoms with E-state index in [1.54, 1.807) is 17.6 Å². The van der Waals surface area contributed by atoms with Gasteiger partial charge in [-0.2, -0.15) is 0 Å². The van der Waals surface area contributed by atoms with E-state index >= 15 is 0 Å². The number of allylic oxidation sites excluding steroid dienone is 1. The van der Waals surface area contributed by atoms with Crippen molar-refractivity contribution in [2.45, 2.75) is 26.5 Å². The predicted molar refractivity (Wildman–Crippen MR) is 158 cm³/mol. The lowest BCUT2D eigenvalue weighted by molar-refractivity contribution is -0.136. The molecular formula is C31H27BrN2O5S. The Morgan fingerprint density at radius 2 is 1.77 bits per heavy atom. The van der Waals surface area contributed by atoms with Crippen LogP contribution < -0.4 is 24.4 Å². The predicted octanol–water partition coefficient (Wildman–Crippen LogP) is 5.15. The molecule has 0 aliphatic carbocycles. The molecule has 0 radical (unpaired) electrons. The Labute approximate surface area is 243 Å². The summed E-state index contributed by atoms with van der Waals surface area (Å²) in [5.74, 6) is 0.644. The van der Waals surface area contributed by atoms with Crippen LogP contribution in [0.2, 0.25) is 0 Å². The fourth-order valence-corrected chi connectivity index (χ4v) is 6.22. The second-order valence-corrected chi connectivity index (χ2v) is 10.9. The van der Waals surface area contributed by atoms with E-state index in [-0.39, 0.29) is 5.56 Å². The Morgan fingerprint density at radius 1 is 1.07 bits per heavy atom. The van der Waals surface area contributed by atoms with Gasteiger partial charge in [-0.15, -0.1) is 0 Å². The lowest BCUT2D eigenvalue weighted by atomic mass is 9.96. The number of methoxy groups -OCH3 is 1. The number of benzene rings is 3. The summed E-state index contributed by atoms with van der Waals surface area (Å²) >= 11 is 4.90. The Morgan fingerprint density at radius 3 is 2.45 bits per heavy atom. The van der Waals surface area contributed by atoms with E-state index in [4.69, 9.17) is 14.2 Å². The molecule has 1 aromatic heterocycles. The van der Waals surface area contributed by atoms with Gasteiger partial charge in [0.2, 0.25) is 0 Å². The third kappa shape index (κ3) is 5.52. The molecule has 204 valence electrons. The molecule has 0 saturated carbocycles. The molecule has 40 heavy (non-hydrogen) atoms. The van der Waals surface area contributed by atoms with Crippen LogP contribution in [0.5, 0.6) is 11.5 Å². The first-order chi connectivity index (χ1) is 19.4. The van der Waals surface area contributed by atoms with Crippen LogP contribution in [-0.4, -0.2) is 24.3 Å². The largest absolute Gasteiger partial charge is 0.490 e. The van der Waals surface area contributed by atoms with Crippen molar-refractivity contribution in [3.63, 3.8) is 0 Å². The lowest BCUT2D eigenvalue weighted by Gasteiger charge is -2.24. The third-order valence-electron chi connectivity index (χ3n) is 6.40. The van der Waals surface area contributed by atoms with Crippen molar-refractivity contribution in [1.29, 1.82) is 0 Å². The van der Waals surface area contributed by atoms with Gasteiger partial charge in [0.1, 0.15) is 6.61 Å². The topological polar surface area (TPSA) is 79.1 Å². The monoisotopic (exact) mass is 618 g/mol. The number of rotatable bonds is 8. The van der Waals surface area contributed by atoms with Crippen LogP contribution in [0.3, 0.4) is 0 Å². The maximum Gasteiger partial charge on any atom is 0.338 e. The molecule has 1 atom stereocenters. The van der Waals surface area contributed by atoms with E-state index in [2.05, 4.69) is 20.9 Å². The molecule has 9 heteroatoms. The van der Waals surface area contributed by atoms with Crippen LogP contribution in [0.25, 0.3) is 6.08 Å². The molecule has 7 nitrogen and oxygen atoms in total. The SMILES string of the molecule is CCOc1cc(/C=c2\sc3n(c2=O)[C@@H](c2ccccc2)C(C(=O)OC)=C(C)N=3)cc(Br)c1OCc1ccccc1. The van der Waals surface area contributed by atoms with Crippen molar-refractivity contribution < 1.29 is 19.0 Å². The summed E-state index contributed by atoms with van der Waals surface area (Å²) in [7, 11) is 1.33. The van der Waals surface area contributed by atoms with Crippen molar-refractivity contribution in [2.75, 3.05) is 13.7 Å². The average Bonchev–Trinajstić information content (AvgIpc) is 3.26. The number of fused-ring (bicyclic) bond motifs is 1. The van der Waals surface area contributed by atoms with Gasteiger partial charge in [-0.25, -0.2) is 9.79 Å². The maximum atomic E-state index is 13.8. The zero-order valence-electron chi connectivity index (χ0n) is 22.2. The van der Waals surface area contributed by atoms with E-state index in [1.807, 2.05) is 79.7 Å². The van der Waals surface area contributed by atoms with E-state index in [0.29, 0.717) is 49.8 Å². The third-order valence-corrected chi connectivity index (χ3v) is 7.97. The summed E-state index contributed by atoms with van der Waals surface area (Å²) in [5, 5.41) is 0. The molecule has 3 aromatic carbocycles. The number of carbonyl (C=O) groups excluding carboxylic acids is 1. The van der Waals surface area contributed by atoms with Gasteiger partial charge in [0.05, 0.1) is 40.0 Å². The van der Waals surface area contributed by atoms with Gasteiger partial charge in [-0.1, -0.05) is 72.0 Å². The maximum absolute atomic E-state index is 13.8. The molecular weight excluding hydrogens is 592 g/mol. The second kappa shape index (κ2) is 12.1. The summed E-state index contributed by atoms with van der Waals surface area (Å²) in [4.78, 5) is 31.8. The summed E-state index contributed by atoms with van der Waals surface area (Å²) in [6.07, 6.45) is 1.80. The van der Waals surface area contributed by atoms with E-state index < -0.39 is 12.0 Å². The van der Waals surface area contributed by atoms with Gasteiger partial charge in [0.25, 0.3) is 5.56 Å². The summed E-state index contributed by atoms with van der Waals surface area (Å²) in [6.45, 7) is 4.51. The minimum atomic E-state index is -0.647. The Balaban J connectivity index is 1.59. The highest BCUT2D eigenvalue weighted by atomic mass is 79.9. The quantitative estimate of drug-likeness (QED) is 0.255. The molecule has 1 aliphatic heterocycles. The Hall–Kier alpha value is -3.95. The minimum Gasteiger partial charge on any atom is -0.490 e. The van der Waals surface area contributed by atoms with Crippen LogP contribution in [0, 0.1) is 0 Å². The van der Waals surface area contributed by atoms with E-state index in [9.17, 15) is 9.59 Å². The zero-order chi connectivity index (χ0) is 28.2. The van der Waals surface area contributed by atoms with Crippen LogP contribution in [0.15, 0.2) is 98.3 Å². The highest BCUT2D eigenvalue weighted by Gasteiger charge is 2.32. The molecule has 0 amide bonds. The molecule has 4 aromatic rings. The standard InChI is InChI=1S/C31H27BrN2O5S/c1-4-38-24-16-21(15-23(32)28(24)39-18-20-11-7-5-8-12-20)17-25-29(35)34-27(22-13-9-6-10-14-22)26(30(36)37-3)19(2)33-31(34)40-25/h5-17,27H,4,18H2,1-3H3/b25-17-/t27-/m0/s1. The molecule has 0 N–H and O–H groups in total. The summed E-state index contributed by atoms with van der Waals surface area (Å²) in [5.41, 5.74) is 3.21. The molecule has 0 saturated heterocycles. The number of nitrogens with zero attached hydrogens (tertiary/aromatic N) is 2. The number of ether oxygens (including phenoxy) is 3. The van der Waals surface area contributed by atoms with Gasteiger partial charge in [-0.05, 0) is 64.7 Å². The highest BCUT2D eigenvalue weighted by Crippen LogP contribution is 2.38. The van der Waals surface area contributed by atoms with Crippen LogP contribution >= 0.6 is 27.3 Å². The Bertz CT molecular complexity index is 1760. The first-order valence-corrected chi connectivity index (χ1v) is 14.3. The van der Waals surface area contributed by atoms with Crippen LogP contribution in [-0.2, 0) is 16.1 Å². The smallest absolute Gasteiger partial charge is 0.338 e. The van der Waals surface area contributed by atoms with Crippen molar-refractivity contribution >= 4 is 39.3 Å². The second-order valence-electron chi connectivity index (χ2n) is 9.02. The fraction of sp³-hybridized carbons (Fsp3) is 0.194. The number of aromatic nitrogens is 1. The number of hydrogen-bond donors (Lipinski definition) is 0. The molecule has 1 aliphatic rings. The number of hydrogen-bond acceptors (Lipinski definition) is 7. The normalized spacial score (nSPS) is 14.9.